The second kappa shape index (κ2) is 8.90. The molecule has 3 N–H and O–H groups in total. The van der Waals surface area contributed by atoms with E-state index in [0.717, 1.165) is 33.2 Å². The maximum atomic E-state index is 10.6. The third kappa shape index (κ3) is 4.12. The summed E-state index contributed by atoms with van der Waals surface area (Å²) >= 11 is 0. The molecular formula is C18H18ClN2O2PtS+3. The van der Waals surface area contributed by atoms with Crippen molar-refractivity contribution in [3.05, 3.63) is 59.8 Å². The van der Waals surface area contributed by atoms with E-state index in [0.29, 0.717) is 5.69 Å². The standard InChI is InChI=1S/C16H12N2O.C2H6OS.ClH.Pt/c17-12-6-5-9-7-8-18-15-10-3-1-2-4-11(10)16(19)14(12)13(9)15;1-4(2)3;;/h1-8,16,19H,17H2;1-2H3;1H;/q;;;+4/p-1. The van der Waals surface area contributed by atoms with Crippen molar-refractivity contribution in [2.45, 2.75) is 6.10 Å². The van der Waals surface area contributed by atoms with Crippen LogP contribution in [-0.2, 0) is 31.9 Å². The molecule has 2 aromatic carbocycles. The van der Waals surface area contributed by atoms with Crippen molar-refractivity contribution in [3.63, 3.8) is 0 Å². The Morgan fingerprint density at radius 2 is 1.76 bits per heavy atom. The molecule has 0 saturated carbocycles. The first kappa shape index (κ1) is 21.8. The minimum atomic E-state index is -0.684. The SMILES string of the molecule is CS(C)=O.Nc1ccc2ccnc3c2c1C(O)c1ccccc1-3.[Cl-].[Pt+4]. The van der Waals surface area contributed by atoms with Gasteiger partial charge in [-0.1, -0.05) is 30.3 Å². The number of aromatic nitrogens is 1. The monoisotopic (exact) mass is 556 g/mol. The number of halogens is 1. The summed E-state index contributed by atoms with van der Waals surface area (Å²) in [7, 11) is -0.611. The molecule has 0 aliphatic heterocycles. The van der Waals surface area contributed by atoms with Crippen LogP contribution in [-0.4, -0.2) is 26.8 Å². The van der Waals surface area contributed by atoms with Gasteiger partial charge in [0.15, 0.2) is 0 Å². The minimum Gasteiger partial charge on any atom is -1.00 e. The molecule has 0 fully saturated rings. The van der Waals surface area contributed by atoms with Gasteiger partial charge in [0.05, 0.1) is 5.69 Å². The number of nitrogens with zero attached hydrogens (tertiary/aromatic N) is 1. The fourth-order valence-corrected chi connectivity index (χ4v) is 2.92. The number of hydrogen-bond donors (Lipinski definition) is 2. The van der Waals surface area contributed by atoms with Crippen LogP contribution in [0.5, 0.6) is 0 Å². The van der Waals surface area contributed by atoms with E-state index in [9.17, 15) is 9.32 Å². The summed E-state index contributed by atoms with van der Waals surface area (Å²) in [5, 5.41) is 12.6. The van der Waals surface area contributed by atoms with Gasteiger partial charge in [0.2, 0.25) is 0 Å². The number of pyridine rings is 1. The number of hydrogen-bond acceptors (Lipinski definition) is 4. The smallest absolute Gasteiger partial charge is 1.00 e. The molecule has 0 spiro atoms. The van der Waals surface area contributed by atoms with Crippen molar-refractivity contribution in [2.75, 3.05) is 18.2 Å². The van der Waals surface area contributed by atoms with Crippen LogP contribution in [0.1, 0.15) is 17.2 Å². The zero-order valence-electron chi connectivity index (χ0n) is 13.7. The molecule has 0 saturated heterocycles. The summed E-state index contributed by atoms with van der Waals surface area (Å²) < 4.78 is 9.56. The van der Waals surface area contributed by atoms with Crippen molar-refractivity contribution in [2.24, 2.45) is 0 Å². The summed E-state index contributed by atoms with van der Waals surface area (Å²) in [6, 6.07) is 13.6. The van der Waals surface area contributed by atoms with Gasteiger partial charge >= 0.3 is 21.1 Å². The average Bonchev–Trinajstić information content (AvgIpc) is 2.53. The van der Waals surface area contributed by atoms with E-state index in [1.807, 2.05) is 42.5 Å². The van der Waals surface area contributed by atoms with Gasteiger partial charge in [0, 0.05) is 51.7 Å². The van der Waals surface area contributed by atoms with E-state index in [1.165, 1.54) is 0 Å². The van der Waals surface area contributed by atoms with Crippen molar-refractivity contribution < 1.29 is 42.8 Å². The summed E-state index contributed by atoms with van der Waals surface area (Å²) in [5.41, 5.74) is 10.2. The molecule has 7 heteroatoms. The predicted molar refractivity (Wildman–Crippen MR) is 95.6 cm³/mol. The maximum absolute atomic E-state index is 10.6. The van der Waals surface area contributed by atoms with Gasteiger partial charge in [-0.05, 0) is 23.1 Å². The van der Waals surface area contributed by atoms with Crippen LogP contribution in [0, 0.1) is 0 Å². The van der Waals surface area contributed by atoms with E-state index in [4.69, 9.17) is 5.73 Å². The number of nitrogens with two attached hydrogens (primary N) is 1. The van der Waals surface area contributed by atoms with Gasteiger partial charge in [-0.2, -0.15) is 0 Å². The van der Waals surface area contributed by atoms with Crippen molar-refractivity contribution >= 4 is 27.3 Å². The normalized spacial score (nSPS) is 13.8. The Morgan fingerprint density at radius 1 is 1.12 bits per heavy atom. The zero-order valence-corrected chi connectivity index (χ0v) is 17.5. The first-order chi connectivity index (χ1) is 11.0. The number of fused-ring (bicyclic) bond motifs is 2. The van der Waals surface area contributed by atoms with Crippen LogP contribution < -0.4 is 18.1 Å². The van der Waals surface area contributed by atoms with Crippen LogP contribution in [0.2, 0.25) is 0 Å². The van der Waals surface area contributed by atoms with Gasteiger partial charge < -0.3 is 23.2 Å². The average molecular weight is 557 g/mol. The fourth-order valence-electron chi connectivity index (χ4n) is 2.92. The number of aliphatic hydroxyl groups excluding tert-OH is 1. The van der Waals surface area contributed by atoms with Gasteiger partial charge in [-0.3, -0.25) is 9.19 Å². The molecule has 1 aromatic heterocycles. The molecule has 25 heavy (non-hydrogen) atoms. The van der Waals surface area contributed by atoms with Crippen molar-refractivity contribution in [1.29, 1.82) is 0 Å². The van der Waals surface area contributed by atoms with E-state index in [-0.39, 0.29) is 33.5 Å². The predicted octanol–water partition coefficient (Wildman–Crippen LogP) is -0.125. The zero-order chi connectivity index (χ0) is 16.6. The Hall–Kier alpha value is -1.26. The molecule has 3 aromatic rings. The summed E-state index contributed by atoms with van der Waals surface area (Å²) in [6.45, 7) is 0. The third-order valence-corrected chi connectivity index (χ3v) is 3.79. The molecule has 1 heterocycles. The second-order valence-corrected chi connectivity index (χ2v) is 7.04. The maximum Gasteiger partial charge on any atom is 4.00 e. The van der Waals surface area contributed by atoms with Crippen LogP contribution >= 0.6 is 0 Å². The molecule has 0 radical (unpaired) electrons. The Balaban J connectivity index is 0.000000476. The Labute approximate surface area is 170 Å². The van der Waals surface area contributed by atoms with E-state index in [1.54, 1.807) is 18.7 Å². The topological polar surface area (TPSA) is 76.2 Å². The first-order valence-corrected chi connectivity index (χ1v) is 9.17. The molecule has 1 aliphatic carbocycles. The van der Waals surface area contributed by atoms with Gasteiger partial charge in [-0.15, -0.1) is 0 Å². The van der Waals surface area contributed by atoms with Crippen LogP contribution in [0.3, 0.4) is 0 Å². The first-order valence-electron chi connectivity index (χ1n) is 7.20. The molecule has 1 unspecified atom stereocenters. The van der Waals surface area contributed by atoms with Gasteiger partial charge in [-0.25, -0.2) is 0 Å². The molecule has 132 valence electrons. The molecule has 0 bridgehead atoms. The van der Waals surface area contributed by atoms with Crippen molar-refractivity contribution in [1.82, 2.24) is 4.98 Å². The number of rotatable bonds is 0. The van der Waals surface area contributed by atoms with Crippen molar-refractivity contribution in [3.8, 4) is 11.3 Å². The number of nitrogen functional groups attached to an aromatic ring is 1. The quantitative estimate of drug-likeness (QED) is 0.379. The molecule has 1 atom stereocenters. The Bertz CT molecular complexity index is 917. The van der Waals surface area contributed by atoms with Gasteiger partial charge in [0.1, 0.15) is 6.10 Å². The van der Waals surface area contributed by atoms with Crippen LogP contribution in [0.15, 0.2) is 48.7 Å². The molecule has 4 nitrogen and oxygen atoms in total. The summed E-state index contributed by atoms with van der Waals surface area (Å²) in [5.74, 6) is 0. The van der Waals surface area contributed by atoms with Gasteiger partial charge in [0.25, 0.3) is 0 Å². The molecule has 0 amide bonds. The second-order valence-electron chi connectivity index (χ2n) is 5.56. The minimum absolute atomic E-state index is 0. The molecule has 1 aliphatic rings. The molecule has 4 rings (SSSR count). The Morgan fingerprint density at radius 3 is 2.44 bits per heavy atom. The van der Waals surface area contributed by atoms with E-state index >= 15 is 0 Å². The van der Waals surface area contributed by atoms with Crippen LogP contribution in [0.25, 0.3) is 22.0 Å². The summed E-state index contributed by atoms with van der Waals surface area (Å²) in [6.07, 6.45) is 4.39. The third-order valence-electron chi connectivity index (χ3n) is 3.79. The number of benzene rings is 2. The number of anilines is 1. The number of aliphatic hydroxyl groups is 1. The van der Waals surface area contributed by atoms with E-state index < -0.39 is 16.9 Å². The fraction of sp³-hybridized carbons (Fsp3) is 0.167. The largest absolute Gasteiger partial charge is 4.00 e. The Kier molecular flexibility index (Phi) is 7.76. The van der Waals surface area contributed by atoms with Crippen LogP contribution in [0.4, 0.5) is 5.69 Å². The molecular weight excluding hydrogens is 539 g/mol. The summed E-state index contributed by atoms with van der Waals surface area (Å²) in [4.78, 5) is 4.49. The van der Waals surface area contributed by atoms with E-state index in [2.05, 4.69) is 4.98 Å².